The van der Waals surface area contributed by atoms with E-state index < -0.39 is 11.9 Å². The summed E-state index contributed by atoms with van der Waals surface area (Å²) < 4.78 is 4.95. The van der Waals surface area contributed by atoms with Crippen molar-refractivity contribution < 1.29 is 24.5 Å². The van der Waals surface area contributed by atoms with Crippen molar-refractivity contribution in [2.75, 3.05) is 0 Å². The van der Waals surface area contributed by atoms with Crippen molar-refractivity contribution >= 4 is 11.9 Å². The molecule has 0 aliphatic rings. The predicted octanol–water partition coefficient (Wildman–Crippen LogP) is 2.61. The zero-order valence-electron chi connectivity index (χ0n) is 10.9. The summed E-state index contributed by atoms with van der Waals surface area (Å²) in [4.78, 5) is 21.6. The van der Waals surface area contributed by atoms with Crippen molar-refractivity contribution in [2.24, 2.45) is 0 Å². The van der Waals surface area contributed by atoms with E-state index in [0.29, 0.717) is 11.8 Å². The second-order valence-corrected chi connectivity index (χ2v) is 4.16. The number of esters is 1. The Bertz CT molecular complexity index is 669. The van der Waals surface area contributed by atoms with Gasteiger partial charge in [-0.25, -0.2) is 9.59 Å². The van der Waals surface area contributed by atoms with E-state index in [0.717, 1.165) is 17.2 Å². The van der Waals surface area contributed by atoms with Crippen molar-refractivity contribution in [1.29, 1.82) is 0 Å². The molecule has 0 spiro atoms. The molecule has 0 aromatic heterocycles. The van der Waals surface area contributed by atoms with Crippen molar-refractivity contribution in [2.45, 2.75) is 0 Å². The van der Waals surface area contributed by atoms with Crippen LogP contribution in [-0.2, 0) is 9.59 Å². The zero-order valence-corrected chi connectivity index (χ0v) is 10.9. The van der Waals surface area contributed by atoms with E-state index in [-0.39, 0.29) is 5.75 Å². The highest BCUT2D eigenvalue weighted by atomic mass is 16.5. The molecule has 2 N–H and O–H groups in total. The van der Waals surface area contributed by atoms with Gasteiger partial charge in [-0.2, -0.15) is 0 Å². The van der Waals surface area contributed by atoms with Gasteiger partial charge in [0.25, 0.3) is 0 Å². The molecule has 0 unspecified atom stereocenters. The number of hydrogen-bond acceptors (Lipinski definition) is 4. The van der Waals surface area contributed by atoms with Crippen LogP contribution in [0.15, 0.2) is 60.7 Å². The Morgan fingerprint density at radius 2 is 1.38 bits per heavy atom. The second kappa shape index (κ2) is 6.38. The van der Waals surface area contributed by atoms with E-state index in [1.54, 1.807) is 48.5 Å². The molecule has 0 fully saturated rings. The van der Waals surface area contributed by atoms with E-state index in [2.05, 4.69) is 0 Å². The SMILES string of the molecule is O=C(O)/C=C/C(=O)Oc1ccc(-c2ccc(O)cc2)cc1. The molecule has 5 heteroatoms. The lowest BCUT2D eigenvalue weighted by molar-refractivity contribution is -0.133. The van der Waals surface area contributed by atoms with Gasteiger partial charge in [0.2, 0.25) is 0 Å². The Hall–Kier alpha value is -3.08. The van der Waals surface area contributed by atoms with E-state index in [1.165, 1.54) is 0 Å². The van der Waals surface area contributed by atoms with Crippen LogP contribution >= 0.6 is 0 Å². The van der Waals surface area contributed by atoms with E-state index in [9.17, 15) is 14.7 Å². The molecule has 21 heavy (non-hydrogen) atoms. The van der Waals surface area contributed by atoms with Gasteiger partial charge in [0.05, 0.1) is 0 Å². The van der Waals surface area contributed by atoms with Crippen LogP contribution in [0.2, 0.25) is 0 Å². The normalized spacial score (nSPS) is 10.5. The Morgan fingerprint density at radius 1 is 0.857 bits per heavy atom. The molecule has 2 aromatic carbocycles. The molecular formula is C16H12O5. The summed E-state index contributed by atoms with van der Waals surface area (Å²) in [6.07, 6.45) is 1.56. The third-order valence-corrected chi connectivity index (χ3v) is 2.64. The molecular weight excluding hydrogens is 272 g/mol. The lowest BCUT2D eigenvalue weighted by Gasteiger charge is -2.04. The summed E-state index contributed by atoms with van der Waals surface area (Å²) in [5.74, 6) is -1.46. The minimum Gasteiger partial charge on any atom is -0.508 e. The Balaban J connectivity index is 2.07. The lowest BCUT2D eigenvalue weighted by Crippen LogP contribution is -2.04. The molecule has 5 nitrogen and oxygen atoms in total. The fourth-order valence-electron chi connectivity index (χ4n) is 1.66. The van der Waals surface area contributed by atoms with Gasteiger partial charge in [0, 0.05) is 12.2 Å². The topological polar surface area (TPSA) is 83.8 Å². The molecule has 0 radical (unpaired) electrons. The van der Waals surface area contributed by atoms with E-state index in [4.69, 9.17) is 9.84 Å². The van der Waals surface area contributed by atoms with Crippen LogP contribution in [0.4, 0.5) is 0 Å². The number of benzene rings is 2. The maximum atomic E-state index is 11.3. The summed E-state index contributed by atoms with van der Waals surface area (Å²) in [7, 11) is 0. The maximum Gasteiger partial charge on any atom is 0.336 e. The quantitative estimate of drug-likeness (QED) is 0.512. The fraction of sp³-hybridized carbons (Fsp3) is 0. The average Bonchev–Trinajstić information content (AvgIpc) is 2.47. The molecule has 0 atom stereocenters. The van der Waals surface area contributed by atoms with Crippen molar-refractivity contribution in [3.8, 4) is 22.6 Å². The summed E-state index contributed by atoms with van der Waals surface area (Å²) in [6.45, 7) is 0. The third-order valence-electron chi connectivity index (χ3n) is 2.64. The molecule has 0 saturated carbocycles. The number of phenolic OH excluding ortho intramolecular Hbond substituents is 1. The monoisotopic (exact) mass is 284 g/mol. The minimum absolute atomic E-state index is 0.189. The van der Waals surface area contributed by atoms with Crippen LogP contribution in [0.3, 0.4) is 0 Å². The van der Waals surface area contributed by atoms with E-state index >= 15 is 0 Å². The molecule has 0 saturated heterocycles. The lowest BCUT2D eigenvalue weighted by atomic mass is 10.1. The number of aromatic hydroxyl groups is 1. The van der Waals surface area contributed by atoms with Gasteiger partial charge in [-0.15, -0.1) is 0 Å². The first-order chi connectivity index (χ1) is 10.0. The first-order valence-electron chi connectivity index (χ1n) is 6.07. The zero-order chi connectivity index (χ0) is 15.2. The van der Waals surface area contributed by atoms with Crippen LogP contribution in [-0.4, -0.2) is 22.2 Å². The Labute approximate surface area is 120 Å². The van der Waals surface area contributed by atoms with Gasteiger partial charge in [0.1, 0.15) is 11.5 Å². The smallest absolute Gasteiger partial charge is 0.336 e. The van der Waals surface area contributed by atoms with Crippen LogP contribution in [0, 0.1) is 0 Å². The van der Waals surface area contributed by atoms with Gasteiger partial charge in [-0.05, 0) is 35.4 Å². The molecule has 0 bridgehead atoms. The third kappa shape index (κ3) is 4.21. The van der Waals surface area contributed by atoms with Crippen molar-refractivity contribution in [1.82, 2.24) is 0 Å². The second-order valence-electron chi connectivity index (χ2n) is 4.16. The first-order valence-corrected chi connectivity index (χ1v) is 6.07. The standard InChI is InChI=1S/C16H12O5/c17-13-5-1-11(2-6-13)12-3-7-14(8-4-12)21-16(20)10-9-15(18)19/h1-10,17H,(H,18,19)/b10-9+. The van der Waals surface area contributed by atoms with Crippen LogP contribution in [0.5, 0.6) is 11.5 Å². The molecule has 2 rings (SSSR count). The number of rotatable bonds is 4. The van der Waals surface area contributed by atoms with Crippen LogP contribution in [0.25, 0.3) is 11.1 Å². The molecule has 0 amide bonds. The molecule has 0 aliphatic carbocycles. The van der Waals surface area contributed by atoms with Gasteiger partial charge < -0.3 is 14.9 Å². The molecule has 106 valence electrons. The Morgan fingerprint density at radius 3 is 1.90 bits per heavy atom. The molecule has 0 heterocycles. The van der Waals surface area contributed by atoms with Crippen molar-refractivity contribution in [3.63, 3.8) is 0 Å². The first kappa shape index (κ1) is 14.3. The van der Waals surface area contributed by atoms with Crippen molar-refractivity contribution in [3.05, 3.63) is 60.7 Å². The highest BCUT2D eigenvalue weighted by Gasteiger charge is 2.03. The fourth-order valence-corrected chi connectivity index (χ4v) is 1.66. The number of hydrogen-bond donors (Lipinski definition) is 2. The predicted molar refractivity (Wildman–Crippen MR) is 76.0 cm³/mol. The number of ether oxygens (including phenoxy) is 1. The summed E-state index contributed by atoms with van der Waals surface area (Å²) in [6, 6.07) is 13.4. The van der Waals surface area contributed by atoms with Gasteiger partial charge in [-0.1, -0.05) is 24.3 Å². The largest absolute Gasteiger partial charge is 0.508 e. The average molecular weight is 284 g/mol. The number of carbonyl (C=O) groups is 2. The minimum atomic E-state index is -1.21. The number of carboxylic acid groups (broad SMARTS) is 1. The molecule has 0 aliphatic heterocycles. The highest BCUT2D eigenvalue weighted by Crippen LogP contribution is 2.24. The highest BCUT2D eigenvalue weighted by molar-refractivity contribution is 5.91. The molecule has 2 aromatic rings. The van der Waals surface area contributed by atoms with Gasteiger partial charge >= 0.3 is 11.9 Å². The van der Waals surface area contributed by atoms with E-state index in [1.807, 2.05) is 0 Å². The van der Waals surface area contributed by atoms with Gasteiger partial charge in [0.15, 0.2) is 0 Å². The summed E-state index contributed by atoms with van der Waals surface area (Å²) >= 11 is 0. The van der Waals surface area contributed by atoms with Crippen LogP contribution < -0.4 is 4.74 Å². The number of carboxylic acids is 1. The maximum absolute atomic E-state index is 11.3. The number of carbonyl (C=O) groups excluding carboxylic acids is 1. The van der Waals surface area contributed by atoms with Crippen LogP contribution in [0.1, 0.15) is 0 Å². The summed E-state index contributed by atoms with van der Waals surface area (Å²) in [5.41, 5.74) is 1.81. The Kier molecular flexibility index (Phi) is 4.36. The number of aliphatic carboxylic acids is 1. The van der Waals surface area contributed by atoms with Gasteiger partial charge in [-0.3, -0.25) is 0 Å². The number of phenols is 1. The summed E-state index contributed by atoms with van der Waals surface area (Å²) in [5, 5.41) is 17.6.